The fourth-order valence-electron chi connectivity index (χ4n) is 6.67. The second-order valence-corrected chi connectivity index (χ2v) is 13.6. The average molecular weight is 703 g/mol. The summed E-state index contributed by atoms with van der Waals surface area (Å²) < 4.78 is 45.7. The number of piperazine rings is 1. The maximum atomic E-state index is 14.9. The van der Waals surface area contributed by atoms with Gasteiger partial charge in [-0.3, -0.25) is 0 Å². The molecule has 2 unspecified atom stereocenters. The van der Waals surface area contributed by atoms with Crippen molar-refractivity contribution < 1.29 is 18.3 Å². The van der Waals surface area contributed by atoms with Gasteiger partial charge in [-0.1, -0.05) is 43.8 Å². The number of aromatic nitrogens is 6. The van der Waals surface area contributed by atoms with Crippen LogP contribution in [0.4, 0.5) is 20.2 Å². The third-order valence-electron chi connectivity index (χ3n) is 9.52. The fourth-order valence-corrected chi connectivity index (χ4v) is 7.61. The van der Waals surface area contributed by atoms with Crippen molar-refractivity contribution in [1.29, 1.82) is 0 Å². The van der Waals surface area contributed by atoms with Gasteiger partial charge in [0.15, 0.2) is 0 Å². The molecule has 0 aliphatic carbocycles. The van der Waals surface area contributed by atoms with Gasteiger partial charge < -0.3 is 19.3 Å². The van der Waals surface area contributed by atoms with E-state index in [0.29, 0.717) is 5.75 Å². The normalized spacial score (nSPS) is 19.5. The molecule has 7 rings (SSSR count). The van der Waals surface area contributed by atoms with Gasteiger partial charge >= 0.3 is 5.69 Å². The van der Waals surface area contributed by atoms with Crippen molar-refractivity contribution in [1.82, 2.24) is 29.1 Å². The Hall–Kier alpha value is -4.53. The van der Waals surface area contributed by atoms with Crippen molar-refractivity contribution in [3.05, 3.63) is 119 Å². The predicted molar refractivity (Wildman–Crippen MR) is 188 cm³/mol. The van der Waals surface area contributed by atoms with Crippen LogP contribution in [0.15, 0.2) is 90.5 Å². The molecule has 11 nitrogen and oxygen atoms in total. The summed E-state index contributed by atoms with van der Waals surface area (Å²) >= 11 is 1.47. The molecule has 0 radical (unpaired) electrons. The molecule has 2 aromatic heterocycles. The predicted octanol–water partition coefficient (Wildman–Crippen LogP) is 5.75. The Morgan fingerprint density at radius 1 is 0.880 bits per heavy atom. The van der Waals surface area contributed by atoms with E-state index in [1.54, 1.807) is 20.3 Å². The molecule has 0 bridgehead atoms. The number of benzene rings is 3. The van der Waals surface area contributed by atoms with Crippen LogP contribution in [0.5, 0.6) is 0 Å². The minimum Gasteiger partial charge on any atom is -0.368 e. The number of nitrogens with zero attached hydrogens (tertiary/aromatic N) is 8. The fraction of sp³-hybridized carbons (Fsp3) is 0.389. The van der Waals surface area contributed by atoms with Gasteiger partial charge in [0.05, 0.1) is 24.9 Å². The van der Waals surface area contributed by atoms with Crippen LogP contribution in [0.25, 0.3) is 5.69 Å². The SMILES string of the molecule is CCC(CC)n1ncn(-c2ccc(N3CCN(c4ccc(CSC5OCC(Cn6cncn6)(c6ccc(F)cc6F)O5)cc4)CC3)cc2)c1=O. The van der Waals surface area contributed by atoms with Gasteiger partial charge in [-0.15, -0.1) is 0 Å². The van der Waals surface area contributed by atoms with E-state index in [1.807, 2.05) is 12.1 Å². The Bertz CT molecular complexity index is 1920. The molecule has 14 heteroatoms. The summed E-state index contributed by atoms with van der Waals surface area (Å²) in [7, 11) is 0. The van der Waals surface area contributed by atoms with Crippen LogP contribution in [-0.2, 0) is 27.4 Å². The van der Waals surface area contributed by atoms with Gasteiger partial charge in [-0.25, -0.2) is 32.5 Å². The average Bonchev–Trinajstić information content (AvgIpc) is 3.90. The van der Waals surface area contributed by atoms with Crippen LogP contribution in [0.3, 0.4) is 0 Å². The minimum atomic E-state index is -1.17. The molecule has 2 aliphatic heterocycles. The molecule has 2 atom stereocenters. The largest absolute Gasteiger partial charge is 0.368 e. The van der Waals surface area contributed by atoms with Crippen LogP contribution < -0.4 is 15.5 Å². The van der Waals surface area contributed by atoms with E-state index in [1.165, 1.54) is 36.5 Å². The first-order chi connectivity index (χ1) is 24.4. The highest BCUT2D eigenvalue weighted by atomic mass is 32.2. The van der Waals surface area contributed by atoms with Crippen LogP contribution in [-0.4, -0.2) is 67.5 Å². The zero-order valence-electron chi connectivity index (χ0n) is 28.1. The zero-order chi connectivity index (χ0) is 34.7. The lowest BCUT2D eigenvalue weighted by molar-refractivity contribution is -0.0470. The lowest BCUT2D eigenvalue weighted by Gasteiger charge is -2.37. The van der Waals surface area contributed by atoms with Crippen molar-refractivity contribution in [2.45, 2.75) is 56.3 Å². The molecule has 0 N–H and O–H groups in total. The summed E-state index contributed by atoms with van der Waals surface area (Å²) in [4.78, 5) is 21.7. The lowest BCUT2D eigenvalue weighted by atomic mass is 9.94. The van der Waals surface area contributed by atoms with E-state index in [2.05, 4.69) is 75.2 Å². The first-order valence-corrected chi connectivity index (χ1v) is 17.9. The molecule has 0 amide bonds. The van der Waals surface area contributed by atoms with E-state index < -0.39 is 22.9 Å². The molecule has 2 fully saturated rings. The van der Waals surface area contributed by atoms with Crippen molar-refractivity contribution in [3.63, 3.8) is 0 Å². The molecule has 3 aromatic carbocycles. The maximum absolute atomic E-state index is 14.9. The van der Waals surface area contributed by atoms with Gasteiger partial charge in [0.1, 0.15) is 36.2 Å². The number of rotatable bonds is 12. The van der Waals surface area contributed by atoms with E-state index in [9.17, 15) is 13.6 Å². The molecular weight excluding hydrogens is 663 g/mol. The summed E-state index contributed by atoms with van der Waals surface area (Å²) in [5.41, 5.74) is 2.51. The summed E-state index contributed by atoms with van der Waals surface area (Å²) in [6, 6.07) is 20.2. The zero-order valence-corrected chi connectivity index (χ0v) is 28.9. The van der Waals surface area contributed by atoms with E-state index in [-0.39, 0.29) is 30.4 Å². The Morgan fingerprint density at radius 3 is 2.16 bits per heavy atom. The summed E-state index contributed by atoms with van der Waals surface area (Å²) in [6.45, 7) is 7.94. The first-order valence-electron chi connectivity index (χ1n) is 16.9. The van der Waals surface area contributed by atoms with E-state index in [4.69, 9.17) is 9.47 Å². The molecule has 50 heavy (non-hydrogen) atoms. The highest BCUT2D eigenvalue weighted by Crippen LogP contribution is 2.41. The van der Waals surface area contributed by atoms with Gasteiger partial charge in [-0.2, -0.15) is 10.2 Å². The molecule has 2 saturated heterocycles. The van der Waals surface area contributed by atoms with Gasteiger partial charge in [-0.05, 0) is 60.9 Å². The van der Waals surface area contributed by atoms with Crippen molar-refractivity contribution in [2.24, 2.45) is 0 Å². The second kappa shape index (κ2) is 14.8. The molecule has 0 spiro atoms. The third-order valence-corrected chi connectivity index (χ3v) is 10.5. The Balaban J connectivity index is 0.924. The Labute approximate surface area is 293 Å². The molecule has 4 heterocycles. The van der Waals surface area contributed by atoms with Crippen LogP contribution in [0, 0.1) is 11.6 Å². The van der Waals surface area contributed by atoms with Crippen LogP contribution >= 0.6 is 11.8 Å². The Kier molecular flexibility index (Phi) is 10.0. The first kappa shape index (κ1) is 33.9. The van der Waals surface area contributed by atoms with E-state index in [0.717, 1.165) is 67.7 Å². The molecule has 5 aromatic rings. The smallest absolute Gasteiger partial charge is 0.350 e. The minimum absolute atomic E-state index is 0.0896. The third kappa shape index (κ3) is 7.05. The van der Waals surface area contributed by atoms with Gasteiger partial charge in [0, 0.05) is 54.9 Å². The lowest BCUT2D eigenvalue weighted by Crippen LogP contribution is -2.46. The van der Waals surface area contributed by atoms with Crippen LogP contribution in [0.1, 0.15) is 43.9 Å². The number of hydrogen-bond acceptors (Lipinski definition) is 9. The number of halogens is 2. The van der Waals surface area contributed by atoms with E-state index >= 15 is 0 Å². The number of thioether (sulfide) groups is 1. The highest BCUT2D eigenvalue weighted by Gasteiger charge is 2.45. The monoisotopic (exact) mass is 702 g/mol. The topological polar surface area (TPSA) is 95.5 Å². The summed E-state index contributed by atoms with van der Waals surface area (Å²) in [5.74, 6) is -0.715. The number of hydrogen-bond donors (Lipinski definition) is 0. The van der Waals surface area contributed by atoms with Crippen molar-refractivity contribution >= 4 is 23.1 Å². The van der Waals surface area contributed by atoms with Crippen molar-refractivity contribution in [3.8, 4) is 5.69 Å². The molecule has 0 saturated carbocycles. The molecule has 2 aliphatic rings. The standard InChI is InChI=1S/C36H40F2N8O3S/c1-3-28(4-2)46-34(47)45(25-41-46)31-12-10-30(11-13-31)43-17-15-42(16-18-43)29-8-5-26(6-9-29)20-50-35-48-22-36(49-35,21-44-24-39-23-40-44)32-14-7-27(37)19-33(32)38/h5-14,19,23-25,28,35H,3-4,15-18,20-22H2,1-2H3. The maximum Gasteiger partial charge on any atom is 0.350 e. The van der Waals surface area contributed by atoms with Gasteiger partial charge in [0.25, 0.3) is 0 Å². The van der Waals surface area contributed by atoms with Gasteiger partial charge in [0.2, 0.25) is 5.62 Å². The quantitative estimate of drug-likeness (QED) is 0.161. The summed E-state index contributed by atoms with van der Waals surface area (Å²) in [5, 5.41) is 8.52. The van der Waals surface area contributed by atoms with Crippen molar-refractivity contribution in [2.75, 3.05) is 42.6 Å². The molecular formula is C36H40F2N8O3S. The second-order valence-electron chi connectivity index (χ2n) is 12.6. The van der Waals surface area contributed by atoms with Crippen LogP contribution in [0.2, 0.25) is 0 Å². The Morgan fingerprint density at radius 2 is 1.54 bits per heavy atom. The highest BCUT2D eigenvalue weighted by molar-refractivity contribution is 7.98. The molecule has 262 valence electrons. The number of ether oxygens (including phenoxy) is 2. The summed E-state index contributed by atoms with van der Waals surface area (Å²) in [6.07, 6.45) is 6.27. The number of anilines is 2.